The van der Waals surface area contributed by atoms with Crippen molar-refractivity contribution in [1.82, 2.24) is 4.98 Å². The molecule has 5 nitrogen and oxygen atoms in total. The van der Waals surface area contributed by atoms with Crippen molar-refractivity contribution >= 4 is 5.84 Å². The summed E-state index contributed by atoms with van der Waals surface area (Å²) in [6.45, 7) is 0.536. The van der Waals surface area contributed by atoms with Gasteiger partial charge in [-0.15, -0.1) is 0 Å². The molecule has 0 aliphatic heterocycles. The van der Waals surface area contributed by atoms with E-state index in [1.807, 2.05) is 24.3 Å². The molecule has 0 radical (unpaired) electrons. The average Bonchev–Trinajstić information content (AvgIpc) is 2.40. The van der Waals surface area contributed by atoms with Crippen LogP contribution < -0.4 is 10.5 Å². The number of nitrogens with zero attached hydrogens (tertiary/aromatic N) is 1. The van der Waals surface area contributed by atoms with Crippen molar-refractivity contribution in [3.8, 4) is 11.6 Å². The minimum Gasteiger partial charge on any atom is -0.439 e. The molecular formula is C14H15N3O2. The summed E-state index contributed by atoms with van der Waals surface area (Å²) < 4.78 is 10.7. The summed E-state index contributed by atoms with van der Waals surface area (Å²) in [5, 5.41) is 7.28. The standard InChI is InChI=1S/C14H15N3O2/c1-18-9-10-3-2-4-12(7-10)19-13-6-5-11(8-17-13)14(15)16/h2-8H,9H2,1H3,(H3,15,16). The van der Waals surface area contributed by atoms with Gasteiger partial charge in [0.2, 0.25) is 5.88 Å². The zero-order valence-electron chi connectivity index (χ0n) is 10.6. The Bertz CT molecular complexity index is 567. The van der Waals surface area contributed by atoms with Crippen molar-refractivity contribution in [2.45, 2.75) is 6.61 Å². The van der Waals surface area contributed by atoms with Crippen LogP contribution in [0.1, 0.15) is 11.1 Å². The maximum Gasteiger partial charge on any atom is 0.219 e. The lowest BCUT2D eigenvalue weighted by Crippen LogP contribution is -2.11. The van der Waals surface area contributed by atoms with E-state index in [-0.39, 0.29) is 5.84 Å². The molecule has 98 valence electrons. The van der Waals surface area contributed by atoms with Gasteiger partial charge >= 0.3 is 0 Å². The van der Waals surface area contributed by atoms with Crippen molar-refractivity contribution in [3.63, 3.8) is 0 Å². The van der Waals surface area contributed by atoms with E-state index in [1.54, 1.807) is 19.2 Å². The number of hydrogen-bond donors (Lipinski definition) is 2. The van der Waals surface area contributed by atoms with Crippen LogP contribution in [0.4, 0.5) is 0 Å². The Labute approximate surface area is 111 Å². The van der Waals surface area contributed by atoms with Gasteiger partial charge in [0.05, 0.1) is 6.61 Å². The van der Waals surface area contributed by atoms with Crippen molar-refractivity contribution in [3.05, 3.63) is 53.7 Å². The van der Waals surface area contributed by atoms with Gasteiger partial charge in [-0.2, -0.15) is 0 Å². The van der Waals surface area contributed by atoms with Crippen molar-refractivity contribution in [1.29, 1.82) is 5.41 Å². The predicted molar refractivity (Wildman–Crippen MR) is 72.5 cm³/mol. The van der Waals surface area contributed by atoms with E-state index in [1.165, 1.54) is 6.20 Å². The largest absolute Gasteiger partial charge is 0.439 e. The Morgan fingerprint density at radius 3 is 2.79 bits per heavy atom. The van der Waals surface area contributed by atoms with Gasteiger partial charge < -0.3 is 15.2 Å². The van der Waals surface area contributed by atoms with Gasteiger partial charge in [0.15, 0.2) is 0 Å². The zero-order valence-corrected chi connectivity index (χ0v) is 10.6. The highest BCUT2D eigenvalue weighted by Gasteiger charge is 2.02. The van der Waals surface area contributed by atoms with Gasteiger partial charge in [-0.1, -0.05) is 12.1 Å². The molecule has 0 aliphatic carbocycles. The molecule has 0 amide bonds. The first-order valence-electron chi connectivity index (χ1n) is 5.75. The fourth-order valence-electron chi connectivity index (χ4n) is 1.59. The number of aromatic nitrogens is 1. The van der Waals surface area contributed by atoms with Crippen molar-refractivity contribution < 1.29 is 9.47 Å². The Kier molecular flexibility index (Phi) is 4.10. The Hall–Kier alpha value is -2.40. The number of nitrogens with two attached hydrogens (primary N) is 1. The number of nitrogen functional groups attached to an aromatic ring is 1. The summed E-state index contributed by atoms with van der Waals surface area (Å²) >= 11 is 0. The second-order valence-electron chi connectivity index (χ2n) is 3.98. The second-order valence-corrected chi connectivity index (χ2v) is 3.98. The average molecular weight is 257 g/mol. The van der Waals surface area contributed by atoms with Crippen LogP contribution in [0.15, 0.2) is 42.6 Å². The smallest absolute Gasteiger partial charge is 0.219 e. The lowest BCUT2D eigenvalue weighted by molar-refractivity contribution is 0.184. The van der Waals surface area contributed by atoms with Crippen LogP contribution in [-0.2, 0) is 11.3 Å². The number of nitrogens with one attached hydrogen (secondary N) is 1. The topological polar surface area (TPSA) is 81.2 Å². The first kappa shape index (κ1) is 13.0. The molecular weight excluding hydrogens is 242 g/mol. The van der Waals surface area contributed by atoms with Gasteiger partial charge in [0.1, 0.15) is 11.6 Å². The number of rotatable bonds is 5. The Morgan fingerprint density at radius 1 is 1.32 bits per heavy atom. The van der Waals surface area contributed by atoms with Crippen molar-refractivity contribution in [2.24, 2.45) is 5.73 Å². The molecule has 2 rings (SSSR count). The van der Waals surface area contributed by atoms with E-state index >= 15 is 0 Å². The molecule has 1 aromatic carbocycles. The highest BCUT2D eigenvalue weighted by atomic mass is 16.5. The molecule has 0 saturated carbocycles. The Balaban J connectivity index is 2.12. The van der Waals surface area contributed by atoms with E-state index in [0.717, 1.165) is 5.56 Å². The number of methoxy groups -OCH3 is 1. The van der Waals surface area contributed by atoms with Gasteiger partial charge in [-0.25, -0.2) is 4.98 Å². The molecule has 0 aliphatic rings. The molecule has 0 fully saturated rings. The molecule has 0 spiro atoms. The minimum absolute atomic E-state index is 0.0128. The molecule has 3 N–H and O–H groups in total. The third-order valence-electron chi connectivity index (χ3n) is 2.48. The maximum atomic E-state index is 7.28. The first-order chi connectivity index (χ1) is 9.19. The van der Waals surface area contributed by atoms with Gasteiger partial charge in [0, 0.05) is 24.9 Å². The zero-order chi connectivity index (χ0) is 13.7. The minimum atomic E-state index is -0.0128. The molecule has 1 heterocycles. The van der Waals surface area contributed by atoms with E-state index in [9.17, 15) is 0 Å². The van der Waals surface area contributed by atoms with Gasteiger partial charge in [-0.05, 0) is 23.8 Å². The SMILES string of the molecule is COCc1cccc(Oc2ccc(C(=N)N)cn2)c1. The van der Waals surface area contributed by atoms with E-state index in [2.05, 4.69) is 4.98 Å². The number of amidine groups is 1. The lowest BCUT2D eigenvalue weighted by Gasteiger charge is -2.07. The van der Waals surface area contributed by atoms with E-state index in [0.29, 0.717) is 23.8 Å². The van der Waals surface area contributed by atoms with Crippen LogP contribution in [-0.4, -0.2) is 17.9 Å². The van der Waals surface area contributed by atoms with Gasteiger partial charge in [0.25, 0.3) is 0 Å². The molecule has 2 aromatic rings. The van der Waals surface area contributed by atoms with E-state index < -0.39 is 0 Å². The first-order valence-corrected chi connectivity index (χ1v) is 5.75. The van der Waals surface area contributed by atoms with Crippen LogP contribution in [0, 0.1) is 5.41 Å². The molecule has 0 atom stereocenters. The van der Waals surface area contributed by atoms with Crippen LogP contribution >= 0.6 is 0 Å². The van der Waals surface area contributed by atoms with E-state index in [4.69, 9.17) is 20.6 Å². The van der Waals surface area contributed by atoms with Crippen LogP contribution in [0.5, 0.6) is 11.6 Å². The highest BCUT2D eigenvalue weighted by Crippen LogP contribution is 2.20. The predicted octanol–water partition coefficient (Wildman–Crippen LogP) is 2.30. The maximum absolute atomic E-state index is 7.28. The second kappa shape index (κ2) is 5.97. The summed E-state index contributed by atoms with van der Waals surface area (Å²) in [7, 11) is 1.65. The molecule has 0 saturated heterocycles. The lowest BCUT2D eigenvalue weighted by atomic mass is 10.2. The summed E-state index contributed by atoms with van der Waals surface area (Å²) in [5.74, 6) is 1.14. The number of pyridine rings is 1. The fraction of sp³-hybridized carbons (Fsp3) is 0.143. The summed E-state index contributed by atoms with van der Waals surface area (Å²) in [6, 6.07) is 11.0. The van der Waals surface area contributed by atoms with Crippen LogP contribution in [0.3, 0.4) is 0 Å². The third kappa shape index (κ3) is 3.53. The number of benzene rings is 1. The van der Waals surface area contributed by atoms with Gasteiger partial charge in [-0.3, -0.25) is 5.41 Å². The molecule has 0 bridgehead atoms. The normalized spacial score (nSPS) is 10.2. The number of hydrogen-bond acceptors (Lipinski definition) is 4. The fourth-order valence-corrected chi connectivity index (χ4v) is 1.59. The highest BCUT2D eigenvalue weighted by molar-refractivity contribution is 5.94. The third-order valence-corrected chi connectivity index (χ3v) is 2.48. The summed E-state index contributed by atoms with van der Waals surface area (Å²) in [4.78, 5) is 4.10. The van der Waals surface area contributed by atoms with Crippen LogP contribution in [0.2, 0.25) is 0 Å². The molecule has 5 heteroatoms. The Morgan fingerprint density at radius 2 is 2.16 bits per heavy atom. The number of ether oxygens (including phenoxy) is 2. The molecule has 1 aromatic heterocycles. The van der Waals surface area contributed by atoms with Crippen LogP contribution in [0.25, 0.3) is 0 Å². The quantitative estimate of drug-likeness (QED) is 0.636. The molecule has 0 unspecified atom stereocenters. The summed E-state index contributed by atoms with van der Waals surface area (Å²) in [6.07, 6.45) is 1.51. The van der Waals surface area contributed by atoms with Crippen molar-refractivity contribution in [2.75, 3.05) is 7.11 Å². The molecule has 19 heavy (non-hydrogen) atoms. The summed E-state index contributed by atoms with van der Waals surface area (Å²) in [5.41, 5.74) is 6.96. The monoisotopic (exact) mass is 257 g/mol.